The monoisotopic (exact) mass is 1090 g/mol. The molecule has 60 heavy (non-hydrogen) atoms. The zero-order valence-corrected chi connectivity index (χ0v) is 46.4. The Bertz CT molecular complexity index is 1860. The molecule has 0 bridgehead atoms. The predicted octanol–water partition coefficient (Wildman–Crippen LogP) is 20.0. The molecule has 0 atom stereocenters. The first-order valence-electron chi connectivity index (χ1n) is 21.0. The SMILES string of the molecule is Cc1cc2c(-c3ccccc3)cccc2[cH-]1.Cc1cc2c(-c3ccccc3)cccc2[cH-]1.Cl[Si](Cl)(Cl)CCCCCCCC[Si]CCCCCCCC[Si](Cl)(Cl)Cl.[Cl][Zr+2][Cl]. The molecule has 12 heteroatoms. The zero-order chi connectivity index (χ0) is 43.6. The first kappa shape index (κ1) is 54.3. The van der Waals surface area contributed by atoms with Crippen LogP contribution in [-0.2, 0) is 20.8 Å². The number of rotatable bonds is 20. The average Bonchev–Trinajstić information content (AvgIpc) is 3.80. The molecule has 0 aliphatic carbocycles. The Kier molecular flexibility index (Phi) is 28.0. The summed E-state index contributed by atoms with van der Waals surface area (Å²) in [4.78, 5) is 0. The number of hydrogen-bond acceptors (Lipinski definition) is 0. The molecule has 0 heterocycles. The van der Waals surface area contributed by atoms with E-state index in [0.29, 0.717) is 0 Å². The van der Waals surface area contributed by atoms with Gasteiger partial charge in [-0.2, -0.15) is 12.1 Å². The molecule has 0 aliphatic rings. The summed E-state index contributed by atoms with van der Waals surface area (Å²) in [5, 5.41) is 5.37. The van der Waals surface area contributed by atoms with Gasteiger partial charge in [0.2, 0.25) is 0 Å². The van der Waals surface area contributed by atoms with Crippen molar-refractivity contribution >= 4 is 127 Å². The van der Waals surface area contributed by atoms with Gasteiger partial charge in [0.25, 0.3) is 0 Å². The van der Waals surface area contributed by atoms with Gasteiger partial charge in [-0.3, -0.25) is 0 Å². The summed E-state index contributed by atoms with van der Waals surface area (Å²) in [6.45, 7) is 4.30. The number of fused-ring (bicyclic) bond motifs is 2. The van der Waals surface area contributed by atoms with Crippen molar-refractivity contribution < 1.29 is 20.8 Å². The van der Waals surface area contributed by atoms with E-state index in [-0.39, 0.29) is 0 Å². The maximum absolute atomic E-state index is 5.87. The Balaban J connectivity index is 0.000000239. The minimum absolute atomic E-state index is 0.813. The fourth-order valence-electron chi connectivity index (χ4n) is 7.20. The summed E-state index contributed by atoms with van der Waals surface area (Å²) in [5.41, 5.74) is 7.89. The first-order chi connectivity index (χ1) is 28.8. The van der Waals surface area contributed by atoms with Crippen LogP contribution in [0.2, 0.25) is 24.2 Å². The van der Waals surface area contributed by atoms with Gasteiger partial charge in [0.1, 0.15) is 0 Å². The van der Waals surface area contributed by atoms with Crippen LogP contribution in [0.1, 0.15) is 88.2 Å². The third-order valence-corrected chi connectivity index (χ3v) is 16.7. The molecular formula is C48H58Cl8Si3Zr. The summed E-state index contributed by atoms with van der Waals surface area (Å²) in [6, 6.07) is 42.8. The number of benzene rings is 4. The van der Waals surface area contributed by atoms with Crippen molar-refractivity contribution in [1.82, 2.24) is 0 Å². The van der Waals surface area contributed by atoms with E-state index in [1.807, 2.05) is 0 Å². The van der Waals surface area contributed by atoms with Crippen molar-refractivity contribution in [2.75, 3.05) is 0 Å². The van der Waals surface area contributed by atoms with Gasteiger partial charge in [0.15, 0.2) is 0 Å². The molecule has 0 saturated heterocycles. The number of unbranched alkanes of at least 4 members (excludes halogenated alkanes) is 10. The fraction of sp³-hybridized carbons (Fsp3) is 0.375. The van der Waals surface area contributed by atoms with Gasteiger partial charge < -0.3 is 0 Å². The second-order valence-corrected chi connectivity index (χ2v) is 39.0. The summed E-state index contributed by atoms with van der Waals surface area (Å²) >= 11 is 34.4. The van der Waals surface area contributed by atoms with Gasteiger partial charge in [0, 0.05) is 9.52 Å². The Labute approximate surface area is 412 Å². The molecular weight excluding hydrogens is 1040 g/mol. The molecule has 6 aromatic carbocycles. The maximum atomic E-state index is 5.87. The van der Waals surface area contributed by atoms with Crippen LogP contribution >= 0.6 is 83.5 Å². The molecule has 0 nitrogen and oxygen atoms in total. The molecule has 0 fully saturated rings. The van der Waals surface area contributed by atoms with E-state index in [9.17, 15) is 0 Å². The van der Waals surface area contributed by atoms with Gasteiger partial charge >= 0.3 is 49.9 Å². The van der Waals surface area contributed by atoms with Gasteiger partial charge in [-0.15, -0.1) is 136 Å². The van der Waals surface area contributed by atoms with Crippen molar-refractivity contribution in [3.05, 3.63) is 132 Å². The predicted molar refractivity (Wildman–Crippen MR) is 278 cm³/mol. The van der Waals surface area contributed by atoms with Crippen LogP contribution in [0.25, 0.3) is 43.8 Å². The molecule has 0 aromatic heterocycles. The van der Waals surface area contributed by atoms with E-state index >= 15 is 0 Å². The Hall–Kier alpha value is -0.0462. The van der Waals surface area contributed by atoms with Crippen LogP contribution < -0.4 is 0 Å². The van der Waals surface area contributed by atoms with Crippen molar-refractivity contribution in [3.8, 4) is 22.3 Å². The van der Waals surface area contributed by atoms with E-state index in [1.54, 1.807) is 0 Å². The quantitative estimate of drug-likeness (QED) is 0.0309. The van der Waals surface area contributed by atoms with E-state index in [2.05, 4.69) is 135 Å². The molecule has 322 valence electrons. The van der Waals surface area contributed by atoms with Crippen LogP contribution in [0, 0.1) is 13.8 Å². The number of aryl methyl sites for hydroxylation is 2. The van der Waals surface area contributed by atoms with Crippen molar-refractivity contribution in [1.29, 1.82) is 0 Å². The summed E-state index contributed by atoms with van der Waals surface area (Å²) in [5.74, 6) is 0. The molecule has 0 N–H and O–H groups in total. The number of halogens is 8. The molecule has 6 aromatic rings. The Morgan fingerprint density at radius 1 is 0.450 bits per heavy atom. The first-order valence-corrected chi connectivity index (χ1v) is 39.3. The third kappa shape index (κ3) is 23.2. The fourth-order valence-corrected chi connectivity index (χ4v) is 12.2. The second kappa shape index (κ2) is 31.0. The summed E-state index contributed by atoms with van der Waals surface area (Å²) in [7, 11) is 11.0. The average molecular weight is 1090 g/mol. The molecule has 0 saturated carbocycles. The minimum atomic E-state index is -2.37. The van der Waals surface area contributed by atoms with E-state index in [4.69, 9.17) is 83.5 Å². The Morgan fingerprint density at radius 2 is 0.783 bits per heavy atom. The van der Waals surface area contributed by atoms with Gasteiger partial charge in [-0.25, -0.2) is 0 Å². The molecule has 0 aliphatic heterocycles. The van der Waals surface area contributed by atoms with E-state index in [0.717, 1.165) is 34.4 Å². The van der Waals surface area contributed by atoms with Crippen LogP contribution in [0.4, 0.5) is 0 Å². The molecule has 0 amide bonds. The van der Waals surface area contributed by atoms with Crippen molar-refractivity contribution in [3.63, 3.8) is 0 Å². The van der Waals surface area contributed by atoms with Gasteiger partial charge in [-0.1, -0.05) is 187 Å². The van der Waals surface area contributed by atoms with Crippen LogP contribution in [-0.4, -0.2) is 21.5 Å². The number of hydrogen-bond donors (Lipinski definition) is 0. The zero-order valence-electron chi connectivity index (χ0n) is 34.9. The van der Waals surface area contributed by atoms with Crippen molar-refractivity contribution in [2.45, 2.75) is 115 Å². The normalized spacial score (nSPS) is 11.2. The standard InChI is InChI=1S/C16H32Cl6Si3.2C16H13.2ClH.Zr/c17-24(18,19)15-11-7-3-1-5-9-13-23-14-10-6-2-4-8-12-16-25(20,21)22;2*1-12-10-14-8-5-9-15(16(14)11-12)13-6-3-2-4-7-13;;;/h1-16H2;2*2-11H,1H3;2*1H;/q;2*-1;;;+4/p-2. The van der Waals surface area contributed by atoms with Crippen LogP contribution in [0.5, 0.6) is 0 Å². The van der Waals surface area contributed by atoms with E-state index in [1.165, 1.54) is 131 Å². The summed E-state index contributed by atoms with van der Waals surface area (Å²) < 4.78 is 0. The van der Waals surface area contributed by atoms with Gasteiger partial charge in [0.05, 0.1) is 0 Å². The van der Waals surface area contributed by atoms with Crippen LogP contribution in [0.15, 0.2) is 121 Å². The Morgan fingerprint density at radius 3 is 1.13 bits per heavy atom. The molecule has 2 radical (unpaired) electrons. The summed E-state index contributed by atoms with van der Waals surface area (Å²) in [6.07, 6.45) is 15.4. The van der Waals surface area contributed by atoms with Crippen LogP contribution in [0.3, 0.4) is 0 Å². The third-order valence-electron chi connectivity index (χ3n) is 10.1. The molecule has 0 spiro atoms. The van der Waals surface area contributed by atoms with Crippen molar-refractivity contribution in [2.24, 2.45) is 0 Å². The van der Waals surface area contributed by atoms with Gasteiger partial charge in [-0.05, 0) is 23.2 Å². The molecule has 6 rings (SSSR count). The van der Waals surface area contributed by atoms with E-state index < -0.39 is 32.9 Å². The second-order valence-electron chi connectivity index (χ2n) is 15.2. The topological polar surface area (TPSA) is 0 Å². The molecule has 0 unspecified atom stereocenters.